The van der Waals surface area contributed by atoms with E-state index >= 15 is 0 Å². The van der Waals surface area contributed by atoms with E-state index in [0.29, 0.717) is 36.7 Å². The maximum Gasteiger partial charge on any atom is 0.249 e. The predicted molar refractivity (Wildman–Crippen MR) is 170 cm³/mol. The monoisotopic (exact) mass is 613 g/mol. The smallest absolute Gasteiger partial charge is 0.249 e. The second kappa shape index (κ2) is 12.1. The summed E-state index contributed by atoms with van der Waals surface area (Å²) in [6, 6.07) is 14.7. The predicted octanol–water partition coefficient (Wildman–Crippen LogP) is 4.28. The molecule has 2 saturated heterocycles. The van der Waals surface area contributed by atoms with Crippen molar-refractivity contribution in [2.75, 3.05) is 31.2 Å². The molecule has 4 heterocycles. The highest BCUT2D eigenvalue weighted by Crippen LogP contribution is 2.59. The van der Waals surface area contributed by atoms with Crippen LogP contribution in [-0.4, -0.2) is 82.2 Å². The molecule has 3 amide bonds. The number of hydrogen-bond acceptors (Lipinski definition) is 6. The number of carbonyl (C=O) groups is 3. The van der Waals surface area contributed by atoms with Crippen molar-refractivity contribution in [2.45, 2.75) is 69.9 Å². The van der Waals surface area contributed by atoms with Crippen LogP contribution in [0.25, 0.3) is 0 Å². The summed E-state index contributed by atoms with van der Waals surface area (Å²) in [4.78, 5) is 49.3. The van der Waals surface area contributed by atoms with Gasteiger partial charge in [-0.25, -0.2) is 0 Å². The standard InChI is InChI=1S/C36H43N3O6/c1-5-12-24(3)37-21-11-20-36-30(33(42)39(31(36)34(37)43)28(23-40)25-13-8-7-9-14-25)29-32(41)38(22-10-19-35(29,4)45-36)26-15-17-27(18-16-26)44-6-2/h7-11,13-20,24,28-31,40H,5-6,12,21-23H2,1-4H3/t24?,28-,29-,30+,31?,35+,36+/m1/s1. The molecular formula is C36H43N3O6. The molecule has 9 heteroatoms. The zero-order valence-electron chi connectivity index (χ0n) is 26.5. The van der Waals surface area contributed by atoms with Crippen LogP contribution in [-0.2, 0) is 19.1 Å². The number of benzene rings is 2. The van der Waals surface area contributed by atoms with E-state index in [1.54, 1.807) is 4.90 Å². The number of ether oxygens (including phenoxy) is 2. The molecule has 2 unspecified atom stereocenters. The molecule has 2 aromatic rings. The van der Waals surface area contributed by atoms with Gasteiger partial charge in [-0.1, -0.05) is 68.0 Å². The molecule has 0 aromatic heterocycles. The van der Waals surface area contributed by atoms with Crippen molar-refractivity contribution in [3.8, 4) is 5.75 Å². The third-order valence-corrected chi connectivity index (χ3v) is 9.92. The molecule has 4 aliphatic rings. The lowest BCUT2D eigenvalue weighted by molar-refractivity contribution is -0.155. The molecule has 9 nitrogen and oxygen atoms in total. The Morgan fingerprint density at radius 3 is 2.31 bits per heavy atom. The lowest BCUT2D eigenvalue weighted by atomic mass is 9.74. The summed E-state index contributed by atoms with van der Waals surface area (Å²) in [5.74, 6) is -2.02. The number of rotatable bonds is 9. The SMILES string of the molecule is CCCC(C)N1CC=C[C@]23O[C@@]4(C)C=CCN(c5ccc(OCC)cc5)C(=O)[C@H]4[C@H]2C(=O)N([C@H](CO)c2ccccc2)C3C1=O. The van der Waals surface area contributed by atoms with Gasteiger partial charge in [0.2, 0.25) is 17.7 Å². The van der Waals surface area contributed by atoms with Crippen LogP contribution in [0.15, 0.2) is 78.9 Å². The molecule has 0 aliphatic carbocycles. The molecule has 7 atom stereocenters. The van der Waals surface area contributed by atoms with Gasteiger partial charge in [0.15, 0.2) is 0 Å². The summed E-state index contributed by atoms with van der Waals surface area (Å²) in [5.41, 5.74) is -1.15. The number of aliphatic hydroxyl groups is 1. The van der Waals surface area contributed by atoms with E-state index < -0.39 is 35.1 Å². The Morgan fingerprint density at radius 1 is 0.933 bits per heavy atom. The van der Waals surface area contributed by atoms with Gasteiger partial charge in [0, 0.05) is 24.8 Å². The normalized spacial score (nSPS) is 30.5. The molecule has 2 fully saturated rings. The first-order chi connectivity index (χ1) is 21.7. The first kappa shape index (κ1) is 31.0. The number of hydrogen-bond donors (Lipinski definition) is 1. The van der Waals surface area contributed by atoms with Crippen molar-refractivity contribution < 1.29 is 29.0 Å². The topological polar surface area (TPSA) is 99.6 Å². The Bertz CT molecular complexity index is 1490. The van der Waals surface area contributed by atoms with Crippen LogP contribution in [0.5, 0.6) is 5.75 Å². The highest BCUT2D eigenvalue weighted by molar-refractivity contribution is 6.04. The zero-order chi connectivity index (χ0) is 31.9. The van der Waals surface area contributed by atoms with Crippen molar-refractivity contribution >= 4 is 23.4 Å². The van der Waals surface area contributed by atoms with Crippen molar-refractivity contribution in [3.05, 3.63) is 84.5 Å². The first-order valence-electron chi connectivity index (χ1n) is 16.1. The third kappa shape index (κ3) is 4.97. The lowest BCUT2D eigenvalue weighted by Crippen LogP contribution is -2.58. The van der Waals surface area contributed by atoms with Crippen molar-refractivity contribution in [3.63, 3.8) is 0 Å². The Morgan fingerprint density at radius 2 is 1.64 bits per heavy atom. The molecule has 6 rings (SSSR count). The van der Waals surface area contributed by atoms with Crippen LogP contribution in [0, 0.1) is 11.8 Å². The van der Waals surface area contributed by atoms with Gasteiger partial charge in [-0.05, 0) is 57.0 Å². The second-order valence-electron chi connectivity index (χ2n) is 12.7. The minimum atomic E-state index is -1.40. The molecule has 238 valence electrons. The summed E-state index contributed by atoms with van der Waals surface area (Å²) in [6.07, 6.45) is 9.26. The molecule has 4 aliphatic heterocycles. The van der Waals surface area contributed by atoms with Gasteiger partial charge in [0.05, 0.1) is 36.7 Å². The highest BCUT2D eigenvalue weighted by atomic mass is 16.5. The summed E-state index contributed by atoms with van der Waals surface area (Å²) in [7, 11) is 0. The second-order valence-corrected chi connectivity index (χ2v) is 12.7. The fourth-order valence-corrected chi connectivity index (χ4v) is 7.93. The van der Waals surface area contributed by atoms with Crippen LogP contribution in [0.1, 0.15) is 52.1 Å². The van der Waals surface area contributed by atoms with Crippen LogP contribution in [0.4, 0.5) is 5.69 Å². The minimum absolute atomic E-state index is 0.0678. The Kier molecular flexibility index (Phi) is 8.35. The van der Waals surface area contributed by atoms with Gasteiger partial charge >= 0.3 is 0 Å². The van der Waals surface area contributed by atoms with Gasteiger partial charge in [-0.2, -0.15) is 0 Å². The maximum absolute atomic E-state index is 14.9. The van der Waals surface area contributed by atoms with E-state index in [9.17, 15) is 19.5 Å². The number of carbonyl (C=O) groups excluding carboxylic acids is 3. The number of amides is 3. The van der Waals surface area contributed by atoms with E-state index in [1.807, 2.05) is 105 Å². The molecule has 1 N–H and O–H groups in total. The number of aliphatic hydroxyl groups excluding tert-OH is 1. The van der Waals surface area contributed by atoms with Crippen molar-refractivity contribution in [1.29, 1.82) is 0 Å². The maximum atomic E-state index is 14.9. The summed E-state index contributed by atoms with van der Waals surface area (Å²) < 4.78 is 12.6. The summed E-state index contributed by atoms with van der Waals surface area (Å²) in [5, 5.41) is 10.8. The lowest BCUT2D eigenvalue weighted by Gasteiger charge is -2.41. The molecule has 1 spiro atoms. The van der Waals surface area contributed by atoms with Crippen LogP contribution in [0.3, 0.4) is 0 Å². The van der Waals surface area contributed by atoms with E-state index in [0.717, 1.165) is 12.8 Å². The number of nitrogens with zero attached hydrogens (tertiary/aromatic N) is 3. The van der Waals surface area contributed by atoms with Crippen LogP contribution < -0.4 is 9.64 Å². The Balaban J connectivity index is 1.48. The van der Waals surface area contributed by atoms with E-state index in [2.05, 4.69) is 6.92 Å². The van der Waals surface area contributed by atoms with E-state index in [4.69, 9.17) is 9.47 Å². The highest BCUT2D eigenvalue weighted by Gasteiger charge is 2.75. The van der Waals surface area contributed by atoms with Gasteiger partial charge < -0.3 is 29.3 Å². The fourth-order valence-electron chi connectivity index (χ4n) is 7.93. The Hall–Kier alpha value is -3.95. The van der Waals surface area contributed by atoms with Crippen molar-refractivity contribution in [1.82, 2.24) is 9.80 Å². The number of anilines is 1. The van der Waals surface area contributed by atoms with Gasteiger partial charge in [0.25, 0.3) is 0 Å². The van der Waals surface area contributed by atoms with Gasteiger partial charge in [0.1, 0.15) is 17.4 Å². The molecule has 0 radical (unpaired) electrons. The largest absolute Gasteiger partial charge is 0.494 e. The summed E-state index contributed by atoms with van der Waals surface area (Å²) in [6.45, 7) is 8.69. The Labute approximate surface area is 265 Å². The number of fused-ring (bicyclic) bond motifs is 2. The van der Waals surface area contributed by atoms with Crippen molar-refractivity contribution in [2.24, 2.45) is 11.8 Å². The van der Waals surface area contributed by atoms with Crippen LogP contribution >= 0.6 is 0 Å². The molecule has 2 aromatic carbocycles. The number of likely N-dealkylation sites (tertiary alicyclic amines) is 1. The average molecular weight is 614 g/mol. The van der Waals surface area contributed by atoms with Gasteiger partial charge in [-0.3, -0.25) is 14.4 Å². The molecule has 0 saturated carbocycles. The molecule has 45 heavy (non-hydrogen) atoms. The first-order valence-corrected chi connectivity index (χ1v) is 16.1. The van der Waals surface area contributed by atoms with E-state index in [1.165, 1.54) is 4.90 Å². The zero-order valence-corrected chi connectivity index (χ0v) is 26.5. The third-order valence-electron chi connectivity index (χ3n) is 9.92. The van der Waals surface area contributed by atoms with E-state index in [-0.39, 0.29) is 30.4 Å². The molecule has 0 bridgehead atoms. The summed E-state index contributed by atoms with van der Waals surface area (Å²) >= 11 is 0. The van der Waals surface area contributed by atoms with Gasteiger partial charge in [-0.15, -0.1) is 0 Å². The average Bonchev–Trinajstić information content (AvgIpc) is 3.30. The minimum Gasteiger partial charge on any atom is -0.494 e. The van der Waals surface area contributed by atoms with Crippen LogP contribution in [0.2, 0.25) is 0 Å². The molecular weight excluding hydrogens is 570 g/mol. The fraction of sp³-hybridized carbons (Fsp3) is 0.472. The quantitative estimate of drug-likeness (QED) is 0.424.